The zero-order valence-corrected chi connectivity index (χ0v) is 12.6. The lowest BCUT2D eigenvalue weighted by molar-refractivity contribution is 0.101. The summed E-state index contributed by atoms with van der Waals surface area (Å²) in [6.07, 6.45) is 5.19. The van der Waals surface area contributed by atoms with Crippen molar-refractivity contribution in [3.63, 3.8) is 0 Å². The van der Waals surface area contributed by atoms with Crippen molar-refractivity contribution >= 4 is 0 Å². The van der Waals surface area contributed by atoms with Gasteiger partial charge in [-0.2, -0.15) is 0 Å². The third-order valence-corrected chi connectivity index (χ3v) is 4.87. The van der Waals surface area contributed by atoms with Crippen molar-refractivity contribution in [2.45, 2.75) is 52.5 Å². The predicted molar refractivity (Wildman–Crippen MR) is 78.7 cm³/mol. The Hall–Kier alpha value is -0.890. The molecule has 0 aliphatic heterocycles. The van der Waals surface area contributed by atoms with Gasteiger partial charge < -0.3 is 5.32 Å². The average Bonchev–Trinajstić information content (AvgIpc) is 2.34. The van der Waals surface area contributed by atoms with Crippen molar-refractivity contribution in [2.75, 3.05) is 7.05 Å². The van der Waals surface area contributed by atoms with Crippen LogP contribution in [-0.4, -0.2) is 7.05 Å². The second-order valence-corrected chi connectivity index (χ2v) is 6.61. The molecule has 0 radical (unpaired) electrons. The van der Waals surface area contributed by atoms with Crippen LogP contribution in [0.5, 0.6) is 0 Å². The van der Waals surface area contributed by atoms with E-state index in [4.69, 9.17) is 0 Å². The normalized spacial score (nSPS) is 24.2. The molecule has 2 unspecified atom stereocenters. The summed E-state index contributed by atoms with van der Waals surface area (Å²) < 4.78 is 13.3. The van der Waals surface area contributed by atoms with Gasteiger partial charge in [-0.15, -0.1) is 0 Å². The summed E-state index contributed by atoms with van der Waals surface area (Å²) >= 11 is 0. The van der Waals surface area contributed by atoms with Gasteiger partial charge in [-0.3, -0.25) is 0 Å². The number of hydrogen-bond acceptors (Lipinski definition) is 1. The first-order valence-corrected chi connectivity index (χ1v) is 7.39. The number of hydrogen-bond donors (Lipinski definition) is 1. The zero-order valence-electron chi connectivity index (χ0n) is 12.6. The first kappa shape index (κ1) is 14.5. The fourth-order valence-corrected chi connectivity index (χ4v) is 3.70. The Labute approximate surface area is 116 Å². The van der Waals surface area contributed by atoms with Crippen molar-refractivity contribution in [1.29, 1.82) is 0 Å². The molecule has 1 N–H and O–H groups in total. The molecule has 1 aliphatic carbocycles. The molecule has 1 aliphatic rings. The van der Waals surface area contributed by atoms with Crippen molar-refractivity contribution in [2.24, 2.45) is 11.3 Å². The Balaban J connectivity index is 2.33. The Kier molecular flexibility index (Phi) is 4.29. The van der Waals surface area contributed by atoms with Crippen LogP contribution in [0.1, 0.15) is 56.7 Å². The number of benzene rings is 1. The Morgan fingerprint density at radius 3 is 2.63 bits per heavy atom. The highest BCUT2D eigenvalue weighted by molar-refractivity contribution is 5.30. The van der Waals surface area contributed by atoms with Crippen LogP contribution in [0.25, 0.3) is 0 Å². The summed E-state index contributed by atoms with van der Waals surface area (Å²) in [6.45, 7) is 6.76. The van der Waals surface area contributed by atoms with Gasteiger partial charge in [-0.1, -0.05) is 32.8 Å². The lowest BCUT2D eigenvalue weighted by Gasteiger charge is -2.43. The summed E-state index contributed by atoms with van der Waals surface area (Å²) in [6, 6.07) is 5.52. The first-order chi connectivity index (χ1) is 8.95. The molecular formula is C17H26FN. The second-order valence-electron chi connectivity index (χ2n) is 6.61. The fourth-order valence-electron chi connectivity index (χ4n) is 3.70. The second kappa shape index (κ2) is 5.62. The van der Waals surface area contributed by atoms with Crippen molar-refractivity contribution in [1.82, 2.24) is 5.32 Å². The van der Waals surface area contributed by atoms with E-state index in [1.807, 2.05) is 20.0 Å². The molecule has 1 saturated carbocycles. The number of aryl methyl sites for hydroxylation is 1. The molecule has 0 saturated heterocycles. The minimum atomic E-state index is -0.140. The molecule has 19 heavy (non-hydrogen) atoms. The van der Waals surface area contributed by atoms with Crippen LogP contribution in [0.4, 0.5) is 4.39 Å². The van der Waals surface area contributed by atoms with Crippen LogP contribution in [0, 0.1) is 24.1 Å². The van der Waals surface area contributed by atoms with E-state index in [0.717, 1.165) is 5.56 Å². The van der Waals surface area contributed by atoms with Crippen LogP contribution in [-0.2, 0) is 0 Å². The Morgan fingerprint density at radius 2 is 2.05 bits per heavy atom. The molecule has 2 heteroatoms. The van der Waals surface area contributed by atoms with Crippen LogP contribution < -0.4 is 5.32 Å². The zero-order chi connectivity index (χ0) is 14.0. The molecule has 2 rings (SSSR count). The van der Waals surface area contributed by atoms with Crippen molar-refractivity contribution < 1.29 is 4.39 Å². The minimum absolute atomic E-state index is 0.140. The van der Waals surface area contributed by atoms with Crippen LogP contribution in [0.3, 0.4) is 0 Å². The van der Waals surface area contributed by atoms with Gasteiger partial charge >= 0.3 is 0 Å². The van der Waals surface area contributed by atoms with E-state index in [9.17, 15) is 4.39 Å². The van der Waals surface area contributed by atoms with Gasteiger partial charge in [0.25, 0.3) is 0 Å². The van der Waals surface area contributed by atoms with Gasteiger partial charge in [0.15, 0.2) is 0 Å². The molecule has 0 amide bonds. The maximum absolute atomic E-state index is 13.3. The summed E-state index contributed by atoms with van der Waals surface area (Å²) in [5, 5.41) is 3.48. The lowest BCUT2D eigenvalue weighted by Crippen LogP contribution is -2.38. The van der Waals surface area contributed by atoms with E-state index in [2.05, 4.69) is 19.2 Å². The topological polar surface area (TPSA) is 12.0 Å². The average molecular weight is 263 g/mol. The van der Waals surface area contributed by atoms with E-state index >= 15 is 0 Å². The first-order valence-electron chi connectivity index (χ1n) is 7.39. The third kappa shape index (κ3) is 3.00. The van der Waals surface area contributed by atoms with Gasteiger partial charge in [-0.05, 0) is 61.4 Å². The number of rotatable bonds is 3. The van der Waals surface area contributed by atoms with Crippen LogP contribution in [0.2, 0.25) is 0 Å². The lowest BCUT2D eigenvalue weighted by atomic mass is 9.64. The molecule has 1 fully saturated rings. The highest BCUT2D eigenvalue weighted by atomic mass is 19.1. The van der Waals surface area contributed by atoms with Crippen molar-refractivity contribution in [3.8, 4) is 0 Å². The number of nitrogens with one attached hydrogen (secondary N) is 1. The quantitative estimate of drug-likeness (QED) is 0.839. The van der Waals surface area contributed by atoms with Crippen LogP contribution >= 0.6 is 0 Å². The smallest absolute Gasteiger partial charge is 0.123 e. The molecule has 0 aromatic heterocycles. The van der Waals surface area contributed by atoms with Gasteiger partial charge in [0.1, 0.15) is 5.82 Å². The third-order valence-electron chi connectivity index (χ3n) is 4.87. The largest absolute Gasteiger partial charge is 0.313 e. The summed E-state index contributed by atoms with van der Waals surface area (Å²) in [5.74, 6) is 0.481. The highest BCUT2D eigenvalue weighted by Crippen LogP contribution is 2.47. The Bertz CT molecular complexity index is 439. The molecule has 1 aromatic carbocycles. The highest BCUT2D eigenvalue weighted by Gasteiger charge is 2.37. The van der Waals surface area contributed by atoms with Gasteiger partial charge in [0.05, 0.1) is 0 Å². The number of halogens is 1. The van der Waals surface area contributed by atoms with Gasteiger partial charge in [0.2, 0.25) is 0 Å². The molecule has 1 aromatic rings. The maximum atomic E-state index is 13.3. The van der Waals surface area contributed by atoms with E-state index in [1.165, 1.54) is 31.2 Å². The SMILES string of the molecule is CNC(c1ccc(F)cc1C)C1CCCCC1(C)C. The Morgan fingerprint density at radius 1 is 1.32 bits per heavy atom. The molecule has 1 nitrogen and oxygen atoms in total. The van der Waals surface area contributed by atoms with Crippen molar-refractivity contribution in [3.05, 3.63) is 35.1 Å². The monoisotopic (exact) mass is 263 g/mol. The molecule has 0 spiro atoms. The fraction of sp³-hybridized carbons (Fsp3) is 0.647. The van der Waals surface area contributed by atoms with E-state index in [0.29, 0.717) is 17.4 Å². The molecule has 2 atom stereocenters. The maximum Gasteiger partial charge on any atom is 0.123 e. The van der Waals surface area contributed by atoms with E-state index in [1.54, 1.807) is 12.1 Å². The van der Waals surface area contributed by atoms with Crippen LogP contribution in [0.15, 0.2) is 18.2 Å². The predicted octanol–water partition coefficient (Wildman–Crippen LogP) is 4.61. The molecule has 106 valence electrons. The minimum Gasteiger partial charge on any atom is -0.313 e. The summed E-state index contributed by atoms with van der Waals surface area (Å²) in [4.78, 5) is 0. The molecular weight excluding hydrogens is 237 g/mol. The van der Waals surface area contributed by atoms with Gasteiger partial charge in [0, 0.05) is 6.04 Å². The van der Waals surface area contributed by atoms with E-state index < -0.39 is 0 Å². The molecule has 0 bridgehead atoms. The summed E-state index contributed by atoms with van der Waals surface area (Å²) in [7, 11) is 2.03. The van der Waals surface area contributed by atoms with Gasteiger partial charge in [-0.25, -0.2) is 4.39 Å². The molecule has 0 heterocycles. The summed E-state index contributed by atoms with van der Waals surface area (Å²) in [5.41, 5.74) is 2.66. The van der Waals surface area contributed by atoms with E-state index in [-0.39, 0.29) is 5.82 Å². The standard InChI is InChI=1S/C17H26FN/c1-12-11-13(18)8-9-14(12)16(19-4)15-7-5-6-10-17(15,2)3/h8-9,11,15-16,19H,5-7,10H2,1-4H3.